The van der Waals surface area contributed by atoms with Gasteiger partial charge in [-0.3, -0.25) is 4.90 Å². The standard InChI is InChI=1S/C14H21FN2/c1-10(2)17-8-7-13(16)9-14(17)11-3-5-12(15)6-4-11/h3-6,10,13-14H,7-9,16H2,1-2H3/t13?,14-/m0/s1. The van der Waals surface area contributed by atoms with E-state index in [1.807, 2.05) is 12.1 Å². The Bertz CT molecular complexity index is 361. The fourth-order valence-electron chi connectivity index (χ4n) is 2.64. The Morgan fingerprint density at radius 3 is 2.53 bits per heavy atom. The molecule has 1 heterocycles. The van der Waals surface area contributed by atoms with E-state index in [9.17, 15) is 4.39 Å². The maximum absolute atomic E-state index is 12.9. The van der Waals surface area contributed by atoms with Gasteiger partial charge in [-0.2, -0.15) is 0 Å². The molecule has 17 heavy (non-hydrogen) atoms. The molecule has 1 aromatic rings. The maximum Gasteiger partial charge on any atom is 0.123 e. The third-order valence-electron chi connectivity index (χ3n) is 3.60. The predicted molar refractivity (Wildman–Crippen MR) is 68.2 cm³/mol. The summed E-state index contributed by atoms with van der Waals surface area (Å²) in [5, 5.41) is 0. The van der Waals surface area contributed by atoms with Crippen LogP contribution in [0, 0.1) is 5.82 Å². The van der Waals surface area contributed by atoms with Crippen molar-refractivity contribution in [1.82, 2.24) is 4.90 Å². The molecule has 2 rings (SSSR count). The van der Waals surface area contributed by atoms with E-state index in [1.54, 1.807) is 0 Å². The van der Waals surface area contributed by atoms with Crippen molar-refractivity contribution in [3.63, 3.8) is 0 Å². The minimum absolute atomic E-state index is 0.176. The molecule has 1 aromatic carbocycles. The van der Waals surface area contributed by atoms with Crippen LogP contribution < -0.4 is 5.73 Å². The minimum Gasteiger partial charge on any atom is -0.328 e. The molecular weight excluding hydrogens is 215 g/mol. The summed E-state index contributed by atoms with van der Waals surface area (Å²) in [7, 11) is 0. The van der Waals surface area contributed by atoms with Gasteiger partial charge in [0, 0.05) is 24.7 Å². The fraction of sp³-hybridized carbons (Fsp3) is 0.571. The molecule has 1 unspecified atom stereocenters. The lowest BCUT2D eigenvalue weighted by molar-refractivity contribution is 0.101. The van der Waals surface area contributed by atoms with Gasteiger partial charge in [0.2, 0.25) is 0 Å². The molecule has 1 aliphatic rings. The molecule has 2 N–H and O–H groups in total. The lowest BCUT2D eigenvalue weighted by atomic mass is 9.91. The van der Waals surface area contributed by atoms with Crippen LogP contribution in [0.4, 0.5) is 4.39 Å². The highest BCUT2D eigenvalue weighted by Crippen LogP contribution is 2.31. The van der Waals surface area contributed by atoms with Crippen LogP contribution in [-0.4, -0.2) is 23.5 Å². The normalized spacial score (nSPS) is 26.4. The van der Waals surface area contributed by atoms with Gasteiger partial charge in [-0.25, -0.2) is 4.39 Å². The molecule has 0 radical (unpaired) electrons. The number of piperidine rings is 1. The van der Waals surface area contributed by atoms with Crippen LogP contribution in [-0.2, 0) is 0 Å². The average Bonchev–Trinajstić information content (AvgIpc) is 2.29. The molecule has 1 aliphatic heterocycles. The molecule has 94 valence electrons. The van der Waals surface area contributed by atoms with Gasteiger partial charge < -0.3 is 5.73 Å². The van der Waals surface area contributed by atoms with Crippen LogP contribution >= 0.6 is 0 Å². The highest BCUT2D eigenvalue weighted by atomic mass is 19.1. The summed E-state index contributed by atoms with van der Waals surface area (Å²) in [6, 6.07) is 7.93. The summed E-state index contributed by atoms with van der Waals surface area (Å²) in [6.45, 7) is 5.43. The molecule has 1 fully saturated rings. The molecule has 0 bridgehead atoms. The van der Waals surface area contributed by atoms with Crippen molar-refractivity contribution >= 4 is 0 Å². The lowest BCUT2D eigenvalue weighted by Gasteiger charge is -2.41. The van der Waals surface area contributed by atoms with Crippen LogP contribution in [0.2, 0.25) is 0 Å². The van der Waals surface area contributed by atoms with Gasteiger partial charge in [-0.15, -0.1) is 0 Å². The van der Waals surface area contributed by atoms with Crippen molar-refractivity contribution in [3.05, 3.63) is 35.6 Å². The Kier molecular flexibility index (Phi) is 3.79. The third kappa shape index (κ3) is 2.85. The van der Waals surface area contributed by atoms with Crippen LogP contribution in [0.5, 0.6) is 0 Å². The van der Waals surface area contributed by atoms with Gasteiger partial charge >= 0.3 is 0 Å². The number of nitrogens with two attached hydrogens (primary N) is 1. The highest BCUT2D eigenvalue weighted by Gasteiger charge is 2.29. The average molecular weight is 236 g/mol. The number of nitrogens with zero attached hydrogens (tertiary/aromatic N) is 1. The second-order valence-corrected chi connectivity index (χ2v) is 5.18. The number of halogens is 1. The highest BCUT2D eigenvalue weighted by molar-refractivity contribution is 5.21. The van der Waals surface area contributed by atoms with Gasteiger partial charge in [0.25, 0.3) is 0 Å². The molecule has 0 saturated carbocycles. The Morgan fingerprint density at radius 2 is 1.94 bits per heavy atom. The van der Waals surface area contributed by atoms with Crippen molar-refractivity contribution < 1.29 is 4.39 Å². The van der Waals surface area contributed by atoms with Crippen molar-refractivity contribution in [2.75, 3.05) is 6.54 Å². The van der Waals surface area contributed by atoms with E-state index in [0.717, 1.165) is 19.4 Å². The number of hydrogen-bond acceptors (Lipinski definition) is 2. The van der Waals surface area contributed by atoms with E-state index >= 15 is 0 Å². The molecule has 0 aliphatic carbocycles. The monoisotopic (exact) mass is 236 g/mol. The fourth-order valence-corrected chi connectivity index (χ4v) is 2.64. The largest absolute Gasteiger partial charge is 0.328 e. The second-order valence-electron chi connectivity index (χ2n) is 5.18. The Hall–Kier alpha value is -0.930. The first-order chi connectivity index (χ1) is 8.08. The van der Waals surface area contributed by atoms with Crippen molar-refractivity contribution in [2.45, 2.75) is 44.8 Å². The summed E-state index contributed by atoms with van der Waals surface area (Å²) in [5.74, 6) is -0.176. The van der Waals surface area contributed by atoms with Crippen molar-refractivity contribution in [2.24, 2.45) is 5.73 Å². The predicted octanol–water partition coefficient (Wildman–Crippen LogP) is 2.70. The molecule has 2 atom stereocenters. The first-order valence-corrected chi connectivity index (χ1v) is 6.34. The van der Waals surface area contributed by atoms with E-state index in [2.05, 4.69) is 18.7 Å². The molecule has 2 nitrogen and oxygen atoms in total. The Balaban J connectivity index is 2.22. The molecule has 0 aromatic heterocycles. The maximum atomic E-state index is 12.9. The Labute approximate surface area is 103 Å². The van der Waals surface area contributed by atoms with Crippen LogP contribution in [0.15, 0.2) is 24.3 Å². The third-order valence-corrected chi connectivity index (χ3v) is 3.60. The zero-order valence-corrected chi connectivity index (χ0v) is 10.6. The quantitative estimate of drug-likeness (QED) is 0.855. The molecule has 0 amide bonds. The summed E-state index contributed by atoms with van der Waals surface area (Å²) >= 11 is 0. The molecular formula is C14H21FN2. The van der Waals surface area contributed by atoms with Crippen molar-refractivity contribution in [3.8, 4) is 0 Å². The lowest BCUT2D eigenvalue weighted by Crippen LogP contribution is -2.45. The van der Waals surface area contributed by atoms with Crippen LogP contribution in [0.1, 0.15) is 38.3 Å². The summed E-state index contributed by atoms with van der Waals surface area (Å²) < 4.78 is 12.9. The summed E-state index contributed by atoms with van der Waals surface area (Å²) in [4.78, 5) is 2.45. The van der Waals surface area contributed by atoms with E-state index < -0.39 is 0 Å². The SMILES string of the molecule is CC(C)N1CCC(N)C[C@H]1c1ccc(F)cc1. The molecule has 0 spiro atoms. The van der Waals surface area contributed by atoms with Gasteiger partial charge in [0.05, 0.1) is 0 Å². The first-order valence-electron chi connectivity index (χ1n) is 6.34. The number of hydrogen-bond donors (Lipinski definition) is 1. The smallest absolute Gasteiger partial charge is 0.123 e. The zero-order chi connectivity index (χ0) is 12.4. The number of likely N-dealkylation sites (tertiary alicyclic amines) is 1. The topological polar surface area (TPSA) is 29.3 Å². The molecule has 1 saturated heterocycles. The second kappa shape index (κ2) is 5.15. The zero-order valence-electron chi connectivity index (χ0n) is 10.6. The van der Waals surface area contributed by atoms with Gasteiger partial charge in [-0.05, 0) is 44.4 Å². The van der Waals surface area contributed by atoms with Gasteiger partial charge in [-0.1, -0.05) is 12.1 Å². The van der Waals surface area contributed by atoms with Gasteiger partial charge in [0.15, 0.2) is 0 Å². The summed E-state index contributed by atoms with van der Waals surface area (Å²) in [5.41, 5.74) is 7.23. The van der Waals surface area contributed by atoms with E-state index in [-0.39, 0.29) is 11.9 Å². The van der Waals surface area contributed by atoms with E-state index in [0.29, 0.717) is 12.1 Å². The molecule has 3 heteroatoms. The number of benzene rings is 1. The van der Waals surface area contributed by atoms with Crippen LogP contribution in [0.3, 0.4) is 0 Å². The van der Waals surface area contributed by atoms with E-state index in [1.165, 1.54) is 17.7 Å². The van der Waals surface area contributed by atoms with Crippen molar-refractivity contribution in [1.29, 1.82) is 0 Å². The first kappa shape index (κ1) is 12.5. The Morgan fingerprint density at radius 1 is 1.29 bits per heavy atom. The van der Waals surface area contributed by atoms with E-state index in [4.69, 9.17) is 5.73 Å². The van der Waals surface area contributed by atoms with Gasteiger partial charge in [0.1, 0.15) is 5.82 Å². The minimum atomic E-state index is -0.176. The van der Waals surface area contributed by atoms with Crippen LogP contribution in [0.25, 0.3) is 0 Å². The number of rotatable bonds is 2. The summed E-state index contributed by atoms with van der Waals surface area (Å²) in [6.07, 6.45) is 2.01.